The van der Waals surface area contributed by atoms with Gasteiger partial charge in [-0.05, 0) is 62.5 Å². The number of rotatable bonds is 5. The topological polar surface area (TPSA) is 165 Å². The number of aliphatic hydroxyl groups excluding tert-OH is 2. The molecule has 3 aliphatic rings. The van der Waals surface area contributed by atoms with E-state index in [1.165, 1.54) is 11.0 Å². The number of ketones is 2. The van der Waals surface area contributed by atoms with Gasteiger partial charge in [0.05, 0.1) is 11.6 Å². The minimum atomic E-state index is -2.67. The highest BCUT2D eigenvalue weighted by Crippen LogP contribution is 2.53. The Hall–Kier alpha value is -2.92. The maximum Gasteiger partial charge on any atom is 0.255 e. The number of hydrogen-bond donors (Lipinski definition) is 5. The minimum absolute atomic E-state index is 0.0109. The van der Waals surface area contributed by atoms with Crippen molar-refractivity contribution in [3.05, 3.63) is 44.7 Å². The molecule has 1 aromatic rings. The van der Waals surface area contributed by atoms with Gasteiger partial charge >= 0.3 is 0 Å². The third kappa shape index (κ3) is 4.53. The summed E-state index contributed by atoms with van der Waals surface area (Å²) in [6.07, 6.45) is 0.161. The van der Waals surface area contributed by atoms with E-state index in [1.54, 1.807) is 14.1 Å². The van der Waals surface area contributed by atoms with Crippen LogP contribution in [0.2, 0.25) is 5.02 Å². The van der Waals surface area contributed by atoms with Gasteiger partial charge in [-0.15, -0.1) is 0 Å². The number of hydrogen-bond acceptors (Lipinski definition) is 9. The van der Waals surface area contributed by atoms with Crippen molar-refractivity contribution < 1.29 is 34.8 Å². The molecule has 1 fully saturated rings. The molecule has 212 valence electrons. The molecule has 6 N–H and O–H groups in total. The van der Waals surface area contributed by atoms with E-state index >= 15 is 0 Å². The van der Waals surface area contributed by atoms with Crippen LogP contribution in [-0.4, -0.2) is 87.0 Å². The van der Waals surface area contributed by atoms with E-state index in [0.29, 0.717) is 22.7 Å². The van der Waals surface area contributed by atoms with Gasteiger partial charge in [0, 0.05) is 29.6 Å². The van der Waals surface area contributed by atoms with Crippen molar-refractivity contribution in [2.45, 2.75) is 51.8 Å². The van der Waals surface area contributed by atoms with Crippen molar-refractivity contribution in [3.63, 3.8) is 0 Å². The zero-order valence-corrected chi connectivity index (χ0v) is 23.8. The summed E-state index contributed by atoms with van der Waals surface area (Å²) in [6, 6.07) is 0.315. The molecule has 39 heavy (non-hydrogen) atoms. The highest BCUT2D eigenvalue weighted by molar-refractivity contribution is 6.32. The Balaban J connectivity index is 1.86. The van der Waals surface area contributed by atoms with E-state index in [4.69, 9.17) is 17.3 Å². The molecule has 4 rings (SSSR count). The highest BCUT2D eigenvalue weighted by Gasteiger charge is 2.64. The summed E-state index contributed by atoms with van der Waals surface area (Å²) in [5.41, 5.74) is 2.76. The first kappa shape index (κ1) is 29.1. The van der Waals surface area contributed by atoms with Crippen molar-refractivity contribution in [3.8, 4) is 5.75 Å². The van der Waals surface area contributed by atoms with Crippen molar-refractivity contribution in [2.75, 3.05) is 27.7 Å². The summed E-state index contributed by atoms with van der Waals surface area (Å²) in [4.78, 5) is 42.7. The SMILES string of the molecule is CN(Cc1cc(O)c2c(c1Cl)C[C@H]1C[C@H]3[C@H](N(C)C)C(=O)C(C(N)=O)=C(O)[C@@]3(O)C(=O)C1=C2O)CC(C)(C)C. The standard InChI is InChI=1S/C28H36ClN3O7/c1-27(2,3)11-32(6)10-13-9-16(33)18-14(20(13)29)7-12-8-15-21(31(4)5)23(35)19(26(30)38)25(37)28(15,39)24(36)17(12)22(18)34/h9,12,15,21,33-34,37,39H,7-8,10-11H2,1-6H3,(H2,30,38)/t12-,15-,21-,28-/m0/s1. The van der Waals surface area contributed by atoms with Gasteiger partial charge in [-0.2, -0.15) is 0 Å². The van der Waals surface area contributed by atoms with Gasteiger partial charge in [-0.1, -0.05) is 32.4 Å². The second kappa shape index (κ2) is 9.62. The molecule has 11 heteroatoms. The fraction of sp³-hybridized carbons (Fsp3) is 0.536. The van der Waals surface area contributed by atoms with E-state index < -0.39 is 58.0 Å². The van der Waals surface area contributed by atoms with E-state index in [-0.39, 0.29) is 35.1 Å². The van der Waals surface area contributed by atoms with Crippen LogP contribution in [0.5, 0.6) is 5.75 Å². The predicted molar refractivity (Wildman–Crippen MR) is 145 cm³/mol. The summed E-state index contributed by atoms with van der Waals surface area (Å²) < 4.78 is 0. The molecule has 4 atom stereocenters. The number of amides is 1. The smallest absolute Gasteiger partial charge is 0.255 e. The van der Waals surface area contributed by atoms with Crippen LogP contribution in [0.4, 0.5) is 0 Å². The number of phenols is 1. The van der Waals surface area contributed by atoms with Crippen LogP contribution >= 0.6 is 11.6 Å². The quantitative estimate of drug-likeness (QED) is 0.338. The molecule has 0 unspecified atom stereocenters. The Bertz CT molecular complexity index is 1340. The minimum Gasteiger partial charge on any atom is -0.508 e. The van der Waals surface area contributed by atoms with Crippen LogP contribution in [0.1, 0.15) is 43.9 Å². The number of primary amides is 1. The number of carbonyl (C=O) groups excluding carboxylic acids is 3. The van der Waals surface area contributed by atoms with Gasteiger partial charge < -0.3 is 31.1 Å². The van der Waals surface area contributed by atoms with E-state index in [2.05, 4.69) is 25.7 Å². The number of likely N-dealkylation sites (N-methyl/N-ethyl adjacent to an activating group) is 1. The first-order chi connectivity index (χ1) is 17.9. The van der Waals surface area contributed by atoms with Crippen molar-refractivity contribution >= 4 is 34.8 Å². The first-order valence-electron chi connectivity index (χ1n) is 12.8. The number of halogens is 1. The lowest BCUT2D eigenvalue weighted by atomic mass is 9.57. The summed E-state index contributed by atoms with van der Waals surface area (Å²) in [6.45, 7) is 7.52. The number of carbonyl (C=O) groups is 3. The van der Waals surface area contributed by atoms with Gasteiger partial charge in [0.25, 0.3) is 5.91 Å². The molecule has 0 aromatic heterocycles. The Kier molecular flexibility index (Phi) is 7.17. The van der Waals surface area contributed by atoms with E-state index in [9.17, 15) is 34.8 Å². The first-order valence-corrected chi connectivity index (χ1v) is 13.2. The molecule has 0 saturated heterocycles. The van der Waals surface area contributed by atoms with Gasteiger partial charge in [0.15, 0.2) is 11.4 Å². The van der Waals surface area contributed by atoms with Crippen LogP contribution in [-0.2, 0) is 27.3 Å². The molecule has 1 saturated carbocycles. The predicted octanol–water partition coefficient (Wildman–Crippen LogP) is 2.10. The summed E-state index contributed by atoms with van der Waals surface area (Å²) in [5, 5.41) is 45.2. The molecule has 0 radical (unpaired) electrons. The van der Waals surface area contributed by atoms with Gasteiger partial charge in [-0.25, -0.2) is 0 Å². The summed E-state index contributed by atoms with van der Waals surface area (Å²) >= 11 is 6.82. The number of Topliss-reactive ketones (excluding diaryl/α,β-unsaturated/α-hetero) is 2. The second-order valence-electron chi connectivity index (χ2n) is 12.4. The number of phenolic OH excluding ortho intramolecular Hbond substituents is 1. The molecule has 0 heterocycles. The molecule has 1 aromatic carbocycles. The van der Waals surface area contributed by atoms with Crippen molar-refractivity contribution in [1.29, 1.82) is 0 Å². The molecule has 0 spiro atoms. The Labute approximate surface area is 232 Å². The van der Waals surface area contributed by atoms with Gasteiger partial charge in [0.2, 0.25) is 5.78 Å². The van der Waals surface area contributed by atoms with Gasteiger partial charge in [-0.3, -0.25) is 19.3 Å². The third-order valence-corrected chi connectivity index (χ3v) is 8.38. The second-order valence-corrected chi connectivity index (χ2v) is 12.8. The van der Waals surface area contributed by atoms with E-state index in [1.807, 2.05) is 7.05 Å². The fourth-order valence-electron chi connectivity index (χ4n) is 6.62. The zero-order chi connectivity index (χ0) is 29.4. The normalized spacial score (nSPS) is 27.2. The molecule has 3 aliphatic carbocycles. The number of nitrogens with two attached hydrogens (primary N) is 1. The molecular weight excluding hydrogens is 526 g/mol. The Morgan fingerprint density at radius 3 is 2.33 bits per heavy atom. The molecule has 1 amide bonds. The number of aliphatic hydroxyl groups is 3. The third-order valence-electron chi connectivity index (χ3n) is 7.91. The fourth-order valence-corrected chi connectivity index (χ4v) is 6.90. The average molecular weight is 562 g/mol. The summed E-state index contributed by atoms with van der Waals surface area (Å²) in [7, 11) is 5.06. The van der Waals surface area contributed by atoms with Crippen LogP contribution in [0, 0.1) is 17.3 Å². The lowest BCUT2D eigenvalue weighted by Crippen LogP contribution is -2.65. The van der Waals surface area contributed by atoms with Crippen LogP contribution < -0.4 is 5.73 Å². The Morgan fingerprint density at radius 2 is 1.79 bits per heavy atom. The van der Waals surface area contributed by atoms with Gasteiger partial charge in [0.1, 0.15) is 22.8 Å². The molecule has 0 aliphatic heterocycles. The molecule has 10 nitrogen and oxygen atoms in total. The van der Waals surface area contributed by atoms with Crippen LogP contribution in [0.15, 0.2) is 23.0 Å². The average Bonchev–Trinajstić information content (AvgIpc) is 2.77. The highest BCUT2D eigenvalue weighted by atomic mass is 35.5. The number of fused-ring (bicyclic) bond motifs is 3. The molecular formula is C28H36ClN3O7. The van der Waals surface area contributed by atoms with Crippen molar-refractivity contribution in [1.82, 2.24) is 9.80 Å². The molecule has 0 bridgehead atoms. The van der Waals surface area contributed by atoms with E-state index in [0.717, 1.165) is 6.54 Å². The monoisotopic (exact) mass is 561 g/mol. The Morgan fingerprint density at radius 1 is 1.18 bits per heavy atom. The maximum atomic E-state index is 13.9. The van der Waals surface area contributed by atoms with Crippen LogP contribution in [0.3, 0.4) is 0 Å². The maximum absolute atomic E-state index is 13.9. The zero-order valence-electron chi connectivity index (χ0n) is 23.0. The number of nitrogens with zero attached hydrogens (tertiary/aromatic N) is 2. The number of benzene rings is 1. The van der Waals surface area contributed by atoms with Crippen LogP contribution in [0.25, 0.3) is 5.76 Å². The summed E-state index contributed by atoms with van der Waals surface area (Å²) in [5.74, 6) is -6.86. The number of aromatic hydroxyl groups is 1. The lowest BCUT2D eigenvalue weighted by molar-refractivity contribution is -0.153. The largest absolute Gasteiger partial charge is 0.508 e. The lowest BCUT2D eigenvalue weighted by Gasteiger charge is -2.50. The van der Waals surface area contributed by atoms with Crippen molar-refractivity contribution in [2.24, 2.45) is 23.0 Å².